The molecule has 2 atom stereocenters. The molecule has 0 saturated heterocycles. The second-order valence-corrected chi connectivity index (χ2v) is 6.06. The van der Waals surface area contributed by atoms with Crippen molar-refractivity contribution < 1.29 is 22.7 Å². The second-order valence-electron chi connectivity index (χ2n) is 6.06. The monoisotopic (exact) mass is 371 g/mol. The molecule has 2 aromatic heterocycles. The van der Waals surface area contributed by atoms with Crippen molar-refractivity contribution in [3.8, 4) is 0 Å². The van der Waals surface area contributed by atoms with Gasteiger partial charge in [0, 0.05) is 24.2 Å². The molecule has 0 bridgehead atoms. The Morgan fingerprint density at radius 2 is 2.08 bits per heavy atom. The Morgan fingerprint density at radius 1 is 1.35 bits per heavy atom. The van der Waals surface area contributed by atoms with E-state index in [2.05, 4.69) is 15.5 Å². The highest BCUT2D eigenvalue weighted by Gasteiger charge is 2.47. The number of hydrogen-bond acceptors (Lipinski definition) is 5. The van der Waals surface area contributed by atoms with E-state index < -0.39 is 24.2 Å². The minimum absolute atomic E-state index is 0.00802. The van der Waals surface area contributed by atoms with Crippen molar-refractivity contribution in [3.05, 3.63) is 29.2 Å². The predicted molar refractivity (Wildman–Crippen MR) is 86.9 cm³/mol. The molecule has 10 heteroatoms. The van der Waals surface area contributed by atoms with Gasteiger partial charge in [-0.15, -0.1) is 0 Å². The van der Waals surface area contributed by atoms with Gasteiger partial charge in [-0.25, -0.2) is 9.48 Å². The van der Waals surface area contributed by atoms with Crippen LogP contribution in [0.25, 0.3) is 0 Å². The smallest absolute Gasteiger partial charge is 0.410 e. The first kappa shape index (κ1) is 18.3. The molecular weight excluding hydrogens is 351 g/mol. The van der Waals surface area contributed by atoms with Gasteiger partial charge in [0.1, 0.15) is 11.4 Å². The average Bonchev–Trinajstić information content (AvgIpc) is 3.16. The summed E-state index contributed by atoms with van der Waals surface area (Å²) in [6, 6.07) is -2.48. The fourth-order valence-electron chi connectivity index (χ4n) is 3.25. The lowest BCUT2D eigenvalue weighted by molar-refractivity contribution is -0.173. The van der Waals surface area contributed by atoms with Gasteiger partial charge < -0.3 is 10.1 Å². The van der Waals surface area contributed by atoms with E-state index in [0.717, 1.165) is 16.6 Å². The molecule has 1 aliphatic rings. The normalized spacial score (nSPS) is 19.8. The lowest BCUT2D eigenvalue weighted by Crippen LogP contribution is -2.36. The van der Waals surface area contributed by atoms with Gasteiger partial charge in [-0.1, -0.05) is 0 Å². The molecule has 3 rings (SSSR count). The number of ether oxygens (including phenoxy) is 1. The van der Waals surface area contributed by atoms with Crippen LogP contribution in [0, 0.1) is 6.92 Å². The third-order valence-corrected chi connectivity index (χ3v) is 4.55. The van der Waals surface area contributed by atoms with Gasteiger partial charge >= 0.3 is 12.1 Å². The summed E-state index contributed by atoms with van der Waals surface area (Å²) < 4.78 is 48.3. The summed E-state index contributed by atoms with van der Waals surface area (Å²) in [7, 11) is 0. The van der Waals surface area contributed by atoms with Crippen LogP contribution in [-0.4, -0.2) is 38.3 Å². The lowest BCUT2D eigenvalue weighted by Gasteiger charge is -2.33. The van der Waals surface area contributed by atoms with E-state index in [1.165, 1.54) is 0 Å². The van der Waals surface area contributed by atoms with Crippen molar-refractivity contribution in [2.45, 2.75) is 52.0 Å². The molecule has 3 heterocycles. The van der Waals surface area contributed by atoms with Gasteiger partial charge in [0.25, 0.3) is 0 Å². The van der Waals surface area contributed by atoms with Crippen molar-refractivity contribution in [2.75, 3.05) is 11.9 Å². The van der Waals surface area contributed by atoms with E-state index in [4.69, 9.17) is 4.74 Å². The number of aryl methyl sites for hydroxylation is 1. The van der Waals surface area contributed by atoms with Gasteiger partial charge in [-0.3, -0.25) is 4.68 Å². The Morgan fingerprint density at radius 3 is 2.65 bits per heavy atom. The van der Waals surface area contributed by atoms with E-state index in [1.54, 1.807) is 17.8 Å². The summed E-state index contributed by atoms with van der Waals surface area (Å²) in [6.07, 6.45) is -2.05. The maximum absolute atomic E-state index is 13.6. The molecule has 0 unspecified atom stereocenters. The van der Waals surface area contributed by atoms with Crippen molar-refractivity contribution in [1.29, 1.82) is 0 Å². The number of aromatic nitrogens is 4. The SMILES string of the molecule is CCOC(=O)c1cnn2c1N[C@@H](c1cnn(CC)c1C)C[C@@H]2C(F)(F)F. The summed E-state index contributed by atoms with van der Waals surface area (Å²) in [6.45, 7) is 6.09. The van der Waals surface area contributed by atoms with Gasteiger partial charge in [0.05, 0.1) is 25.0 Å². The molecule has 0 spiro atoms. The summed E-state index contributed by atoms with van der Waals surface area (Å²) >= 11 is 0. The van der Waals surface area contributed by atoms with Crippen LogP contribution >= 0.6 is 0 Å². The number of halogens is 3. The number of esters is 1. The Bertz CT molecular complexity index is 811. The number of fused-ring (bicyclic) bond motifs is 1. The third kappa shape index (κ3) is 3.04. The van der Waals surface area contributed by atoms with E-state index >= 15 is 0 Å². The minimum Gasteiger partial charge on any atom is -0.462 e. The first-order chi connectivity index (χ1) is 12.3. The number of nitrogens with zero attached hydrogens (tertiary/aromatic N) is 4. The van der Waals surface area contributed by atoms with Gasteiger partial charge in [0.2, 0.25) is 0 Å². The van der Waals surface area contributed by atoms with E-state index in [0.29, 0.717) is 12.1 Å². The zero-order valence-electron chi connectivity index (χ0n) is 14.7. The van der Waals surface area contributed by atoms with Crippen molar-refractivity contribution in [1.82, 2.24) is 19.6 Å². The Kier molecular flexibility index (Phi) is 4.68. The molecule has 7 nitrogen and oxygen atoms in total. The number of nitrogens with one attached hydrogen (secondary N) is 1. The molecule has 2 aromatic rings. The summed E-state index contributed by atoms with van der Waals surface area (Å²) in [5.41, 5.74) is 1.45. The maximum atomic E-state index is 13.6. The first-order valence-corrected chi connectivity index (χ1v) is 8.38. The average molecular weight is 371 g/mol. The molecule has 0 fully saturated rings. The highest BCUT2D eigenvalue weighted by atomic mass is 19.4. The lowest BCUT2D eigenvalue weighted by atomic mass is 9.97. The molecule has 26 heavy (non-hydrogen) atoms. The van der Waals surface area contributed by atoms with Crippen LogP contribution in [0.15, 0.2) is 12.4 Å². The van der Waals surface area contributed by atoms with Crippen LogP contribution in [0.4, 0.5) is 19.0 Å². The molecule has 0 radical (unpaired) electrons. The molecule has 0 saturated carbocycles. The van der Waals surface area contributed by atoms with Crippen LogP contribution in [0.3, 0.4) is 0 Å². The number of hydrogen-bond donors (Lipinski definition) is 1. The summed E-state index contributed by atoms with van der Waals surface area (Å²) in [5, 5.41) is 11.0. The highest BCUT2D eigenvalue weighted by molar-refractivity contribution is 5.94. The quantitative estimate of drug-likeness (QED) is 0.836. The van der Waals surface area contributed by atoms with Crippen LogP contribution in [0.1, 0.15) is 54.0 Å². The topological polar surface area (TPSA) is 74.0 Å². The Balaban J connectivity index is 2.04. The standard InChI is InChI=1S/C16H20F3N5O2/c1-4-23-9(3)10(7-20-23)12-6-13(16(17,18)19)24-14(22-12)11(8-21-24)15(25)26-5-2/h7-8,12-13,22H,4-6H2,1-3H3/t12-,13-/m1/s1. The molecule has 0 amide bonds. The fraction of sp³-hybridized carbons (Fsp3) is 0.562. The number of carbonyl (C=O) groups excluding carboxylic acids is 1. The van der Waals surface area contributed by atoms with Gasteiger partial charge in [0.15, 0.2) is 6.04 Å². The molecular formula is C16H20F3N5O2. The zero-order chi connectivity index (χ0) is 19.1. The number of carbonyl (C=O) groups is 1. The number of rotatable bonds is 4. The number of alkyl halides is 3. The largest absolute Gasteiger partial charge is 0.462 e. The van der Waals surface area contributed by atoms with Crippen LogP contribution in [-0.2, 0) is 11.3 Å². The first-order valence-electron chi connectivity index (χ1n) is 8.38. The highest BCUT2D eigenvalue weighted by Crippen LogP contribution is 2.44. The van der Waals surface area contributed by atoms with Crippen LogP contribution in [0.2, 0.25) is 0 Å². The van der Waals surface area contributed by atoms with E-state index in [-0.39, 0.29) is 24.4 Å². The van der Waals surface area contributed by atoms with E-state index in [1.807, 2.05) is 13.8 Å². The molecule has 142 valence electrons. The van der Waals surface area contributed by atoms with Crippen LogP contribution in [0.5, 0.6) is 0 Å². The van der Waals surface area contributed by atoms with Gasteiger partial charge in [-0.05, 0) is 20.8 Å². The van der Waals surface area contributed by atoms with Crippen molar-refractivity contribution in [3.63, 3.8) is 0 Å². The third-order valence-electron chi connectivity index (χ3n) is 4.55. The molecule has 1 aliphatic heterocycles. The van der Waals surface area contributed by atoms with E-state index in [9.17, 15) is 18.0 Å². The summed E-state index contributed by atoms with van der Waals surface area (Å²) in [5.74, 6) is -0.686. The van der Waals surface area contributed by atoms with Crippen LogP contribution < -0.4 is 5.32 Å². The zero-order valence-corrected chi connectivity index (χ0v) is 14.7. The van der Waals surface area contributed by atoms with Crippen molar-refractivity contribution >= 4 is 11.8 Å². The fourth-order valence-corrected chi connectivity index (χ4v) is 3.25. The number of anilines is 1. The predicted octanol–water partition coefficient (Wildman–Crippen LogP) is 3.24. The maximum Gasteiger partial charge on any atom is 0.410 e. The Labute approximate surface area is 148 Å². The Hall–Kier alpha value is -2.52. The molecule has 1 N–H and O–H groups in total. The summed E-state index contributed by atoms with van der Waals surface area (Å²) in [4.78, 5) is 12.1. The van der Waals surface area contributed by atoms with Crippen molar-refractivity contribution in [2.24, 2.45) is 0 Å². The molecule has 0 aliphatic carbocycles. The second kappa shape index (κ2) is 6.65. The van der Waals surface area contributed by atoms with Gasteiger partial charge in [-0.2, -0.15) is 23.4 Å². The molecule has 0 aromatic carbocycles. The minimum atomic E-state index is -4.50.